The standard InChI is InChI=1S/C21H32O7/c1-7-8-16(24-3)10-9-15(2)11-18(22)19-12-17(25-4)13-21(27-6,28-19)14-20(23)26-5/h1,9-11,16-19,22H,8,12-14H2,2-6H3/b10-9+,15-11+/t16-,17-,18-,19-,21+/m1/s1. The van der Waals surface area contributed by atoms with E-state index in [2.05, 4.69) is 5.92 Å². The number of esters is 1. The van der Waals surface area contributed by atoms with Crippen molar-refractivity contribution in [3.63, 3.8) is 0 Å². The summed E-state index contributed by atoms with van der Waals surface area (Å²) < 4.78 is 27.0. The first kappa shape index (κ1) is 24.3. The monoisotopic (exact) mass is 396 g/mol. The van der Waals surface area contributed by atoms with Crippen molar-refractivity contribution in [3.05, 3.63) is 23.8 Å². The van der Waals surface area contributed by atoms with Crippen molar-refractivity contribution in [1.29, 1.82) is 0 Å². The lowest BCUT2D eigenvalue weighted by molar-refractivity contribution is -0.298. The van der Waals surface area contributed by atoms with Gasteiger partial charge in [-0.15, -0.1) is 12.3 Å². The zero-order chi connectivity index (χ0) is 21.2. The number of methoxy groups -OCH3 is 4. The highest BCUT2D eigenvalue weighted by molar-refractivity contribution is 5.70. The Morgan fingerprint density at radius 1 is 1.39 bits per heavy atom. The maximum absolute atomic E-state index is 11.8. The number of aliphatic hydroxyl groups is 1. The Labute approximate surface area is 167 Å². The molecule has 0 bridgehead atoms. The van der Waals surface area contributed by atoms with Gasteiger partial charge in [0.15, 0.2) is 5.79 Å². The highest BCUT2D eigenvalue weighted by atomic mass is 16.7. The van der Waals surface area contributed by atoms with E-state index < -0.39 is 24.0 Å². The van der Waals surface area contributed by atoms with Gasteiger partial charge in [-0.25, -0.2) is 0 Å². The Balaban J connectivity index is 2.92. The van der Waals surface area contributed by atoms with Crippen molar-refractivity contribution in [2.24, 2.45) is 0 Å². The first-order valence-corrected chi connectivity index (χ1v) is 9.16. The molecule has 1 N–H and O–H groups in total. The van der Waals surface area contributed by atoms with Crippen LogP contribution in [0, 0.1) is 12.3 Å². The van der Waals surface area contributed by atoms with Crippen LogP contribution in [0.25, 0.3) is 0 Å². The third-order valence-corrected chi connectivity index (χ3v) is 4.76. The number of carbonyl (C=O) groups excluding carboxylic acids is 1. The molecule has 1 saturated heterocycles. The first-order valence-electron chi connectivity index (χ1n) is 9.16. The van der Waals surface area contributed by atoms with Crippen LogP contribution in [0.1, 0.15) is 32.6 Å². The first-order chi connectivity index (χ1) is 13.3. The molecule has 5 atom stereocenters. The maximum Gasteiger partial charge on any atom is 0.310 e. The van der Waals surface area contributed by atoms with Crippen molar-refractivity contribution in [3.8, 4) is 12.3 Å². The van der Waals surface area contributed by atoms with Crippen molar-refractivity contribution < 1.29 is 33.6 Å². The summed E-state index contributed by atoms with van der Waals surface area (Å²) in [7, 11) is 5.94. The molecule has 1 heterocycles. The minimum atomic E-state index is -1.21. The van der Waals surface area contributed by atoms with Gasteiger partial charge in [0.1, 0.15) is 0 Å². The molecule has 0 unspecified atom stereocenters. The van der Waals surface area contributed by atoms with Gasteiger partial charge in [-0.1, -0.05) is 23.8 Å². The summed E-state index contributed by atoms with van der Waals surface area (Å²) in [6.45, 7) is 1.86. The smallest absolute Gasteiger partial charge is 0.310 e. The van der Waals surface area contributed by atoms with Crippen LogP contribution in [0.5, 0.6) is 0 Å². The van der Waals surface area contributed by atoms with Crippen molar-refractivity contribution in [1.82, 2.24) is 0 Å². The number of allylic oxidation sites excluding steroid dienone is 2. The van der Waals surface area contributed by atoms with Gasteiger partial charge in [-0.2, -0.15) is 0 Å². The lowest BCUT2D eigenvalue weighted by Crippen LogP contribution is -2.52. The lowest BCUT2D eigenvalue weighted by Gasteiger charge is -2.43. The summed E-state index contributed by atoms with van der Waals surface area (Å²) in [6, 6.07) is 0. The summed E-state index contributed by atoms with van der Waals surface area (Å²) in [4.78, 5) is 11.8. The molecule has 0 aromatic carbocycles. The van der Waals surface area contributed by atoms with E-state index in [1.165, 1.54) is 14.2 Å². The Hall–Kier alpha value is -1.69. The SMILES string of the molecule is C#CC[C@H](/C=C/C(C)=C/[C@@H](O)[C@H]1C[C@@H](OC)C[C@](CC(=O)OC)(OC)O1)OC. The summed E-state index contributed by atoms with van der Waals surface area (Å²) in [5, 5.41) is 10.7. The fraction of sp³-hybridized carbons (Fsp3) is 0.667. The maximum atomic E-state index is 11.8. The van der Waals surface area contributed by atoms with E-state index in [9.17, 15) is 9.90 Å². The average Bonchev–Trinajstić information content (AvgIpc) is 2.70. The van der Waals surface area contributed by atoms with Gasteiger partial charge in [0.25, 0.3) is 0 Å². The zero-order valence-corrected chi connectivity index (χ0v) is 17.3. The lowest BCUT2D eigenvalue weighted by atomic mass is 9.92. The molecule has 0 aromatic heterocycles. The summed E-state index contributed by atoms with van der Waals surface area (Å²) >= 11 is 0. The molecule has 1 aliphatic rings. The molecule has 7 heteroatoms. The molecule has 1 rings (SSSR count). The predicted molar refractivity (Wildman–Crippen MR) is 104 cm³/mol. The molecule has 0 amide bonds. The Morgan fingerprint density at radius 3 is 2.64 bits per heavy atom. The number of aliphatic hydroxyl groups excluding tert-OH is 1. The van der Waals surface area contributed by atoms with Gasteiger partial charge in [0.05, 0.1) is 37.9 Å². The van der Waals surface area contributed by atoms with Crippen molar-refractivity contribution in [2.45, 2.75) is 62.8 Å². The molecule has 0 spiro atoms. The molecular formula is C21H32O7. The Kier molecular flexibility index (Phi) is 10.4. The number of terminal acetylenes is 1. The molecule has 158 valence electrons. The summed E-state index contributed by atoms with van der Waals surface area (Å²) in [6.07, 6.45) is 9.95. The number of ether oxygens (including phenoxy) is 5. The summed E-state index contributed by atoms with van der Waals surface area (Å²) in [5.41, 5.74) is 0.825. The molecule has 0 saturated carbocycles. The van der Waals surface area contributed by atoms with E-state index in [1.807, 2.05) is 19.1 Å². The topological polar surface area (TPSA) is 83.5 Å². The minimum Gasteiger partial charge on any atom is -0.469 e. The zero-order valence-electron chi connectivity index (χ0n) is 17.3. The van der Waals surface area contributed by atoms with Crippen LogP contribution in [-0.4, -0.2) is 69.7 Å². The second-order valence-corrected chi connectivity index (χ2v) is 6.76. The fourth-order valence-corrected chi connectivity index (χ4v) is 3.10. The van der Waals surface area contributed by atoms with Gasteiger partial charge >= 0.3 is 5.97 Å². The van der Waals surface area contributed by atoms with Crippen LogP contribution < -0.4 is 0 Å². The van der Waals surface area contributed by atoms with Crippen LogP contribution in [0.15, 0.2) is 23.8 Å². The van der Waals surface area contributed by atoms with Crippen LogP contribution in [-0.2, 0) is 28.5 Å². The van der Waals surface area contributed by atoms with E-state index in [-0.39, 0.29) is 18.6 Å². The molecule has 1 fully saturated rings. The molecule has 0 aliphatic carbocycles. The number of hydrogen-bond acceptors (Lipinski definition) is 7. The van der Waals surface area contributed by atoms with Gasteiger partial charge in [0.2, 0.25) is 0 Å². The highest BCUT2D eigenvalue weighted by Crippen LogP contribution is 2.35. The fourth-order valence-electron chi connectivity index (χ4n) is 3.10. The second-order valence-electron chi connectivity index (χ2n) is 6.76. The van der Waals surface area contributed by atoms with Gasteiger partial charge in [-0.3, -0.25) is 4.79 Å². The number of rotatable bonds is 10. The number of carbonyl (C=O) groups is 1. The van der Waals surface area contributed by atoms with Crippen LogP contribution in [0.3, 0.4) is 0 Å². The molecule has 28 heavy (non-hydrogen) atoms. The van der Waals surface area contributed by atoms with Gasteiger partial charge in [0, 0.05) is 40.6 Å². The molecular weight excluding hydrogens is 364 g/mol. The van der Waals surface area contributed by atoms with Crippen LogP contribution >= 0.6 is 0 Å². The second kappa shape index (κ2) is 12.0. The third-order valence-electron chi connectivity index (χ3n) is 4.76. The van der Waals surface area contributed by atoms with Gasteiger partial charge < -0.3 is 28.8 Å². The van der Waals surface area contributed by atoms with Crippen LogP contribution in [0.2, 0.25) is 0 Å². The van der Waals surface area contributed by atoms with E-state index in [0.717, 1.165) is 5.57 Å². The van der Waals surface area contributed by atoms with E-state index in [0.29, 0.717) is 19.3 Å². The minimum absolute atomic E-state index is 0.0900. The largest absolute Gasteiger partial charge is 0.469 e. The number of hydrogen-bond donors (Lipinski definition) is 1. The highest BCUT2D eigenvalue weighted by Gasteiger charge is 2.45. The van der Waals surface area contributed by atoms with Crippen LogP contribution in [0.4, 0.5) is 0 Å². The predicted octanol–water partition coefficient (Wildman–Crippen LogP) is 1.99. The van der Waals surface area contributed by atoms with E-state index in [1.54, 1.807) is 20.3 Å². The molecule has 1 aliphatic heterocycles. The van der Waals surface area contributed by atoms with E-state index >= 15 is 0 Å². The Bertz CT molecular complexity index is 592. The summed E-state index contributed by atoms with van der Waals surface area (Å²) in [5.74, 6) is 0.888. The Morgan fingerprint density at radius 2 is 2.11 bits per heavy atom. The quantitative estimate of drug-likeness (QED) is 0.343. The van der Waals surface area contributed by atoms with Gasteiger partial charge in [-0.05, 0) is 6.92 Å². The van der Waals surface area contributed by atoms with E-state index in [4.69, 9.17) is 30.1 Å². The van der Waals surface area contributed by atoms with Crippen molar-refractivity contribution in [2.75, 3.05) is 28.4 Å². The normalized spacial score (nSPS) is 28.0. The molecule has 0 aromatic rings. The third kappa shape index (κ3) is 7.38. The molecule has 7 nitrogen and oxygen atoms in total. The molecule has 0 radical (unpaired) electrons. The van der Waals surface area contributed by atoms with Crippen molar-refractivity contribution >= 4 is 5.97 Å². The average molecular weight is 396 g/mol.